The van der Waals surface area contributed by atoms with Crippen LogP contribution < -0.4 is 10.5 Å². The summed E-state index contributed by atoms with van der Waals surface area (Å²) >= 11 is 0. The molecule has 1 aromatic carbocycles. The van der Waals surface area contributed by atoms with Gasteiger partial charge >= 0.3 is 0 Å². The Morgan fingerprint density at radius 3 is 2.89 bits per heavy atom. The van der Waals surface area contributed by atoms with Crippen LogP contribution in [0.15, 0.2) is 18.2 Å². The van der Waals surface area contributed by atoms with Gasteiger partial charge in [0.25, 0.3) is 0 Å². The molecule has 0 unspecified atom stereocenters. The third kappa shape index (κ3) is 2.61. The van der Waals surface area contributed by atoms with Crippen LogP contribution in [0.25, 0.3) is 0 Å². The number of ether oxygens (including phenoxy) is 2. The van der Waals surface area contributed by atoms with Crippen molar-refractivity contribution in [1.82, 2.24) is 4.90 Å². The van der Waals surface area contributed by atoms with Gasteiger partial charge in [-0.15, -0.1) is 0 Å². The maximum absolute atomic E-state index is 5.86. The molecule has 0 radical (unpaired) electrons. The average Bonchev–Trinajstić information content (AvgIpc) is 2.81. The molecule has 2 aliphatic rings. The van der Waals surface area contributed by atoms with E-state index in [2.05, 4.69) is 30.1 Å². The Hall–Kier alpha value is -1.10. The van der Waals surface area contributed by atoms with E-state index >= 15 is 0 Å². The third-order valence-electron chi connectivity index (χ3n) is 4.06. The van der Waals surface area contributed by atoms with Crippen molar-refractivity contribution in [2.75, 3.05) is 40.0 Å². The molecule has 0 aliphatic carbocycles. The number of nitrogens with two attached hydrogens (primary N) is 1. The van der Waals surface area contributed by atoms with Crippen molar-refractivity contribution < 1.29 is 9.47 Å². The normalized spacial score (nSPS) is 19.9. The van der Waals surface area contributed by atoms with Crippen LogP contribution in [0.1, 0.15) is 11.1 Å². The molecule has 0 atom stereocenters. The molecule has 0 bridgehead atoms. The van der Waals surface area contributed by atoms with Gasteiger partial charge < -0.3 is 20.1 Å². The summed E-state index contributed by atoms with van der Waals surface area (Å²) in [6.45, 7) is 5.07. The molecule has 2 aliphatic heterocycles. The van der Waals surface area contributed by atoms with E-state index in [-0.39, 0.29) is 5.41 Å². The van der Waals surface area contributed by atoms with Gasteiger partial charge in [0.15, 0.2) is 0 Å². The summed E-state index contributed by atoms with van der Waals surface area (Å²) in [6, 6.07) is 6.52. The van der Waals surface area contributed by atoms with Crippen molar-refractivity contribution in [3.8, 4) is 5.75 Å². The van der Waals surface area contributed by atoms with E-state index in [1.54, 1.807) is 0 Å². The fourth-order valence-corrected chi connectivity index (χ4v) is 2.94. The third-order valence-corrected chi connectivity index (χ3v) is 4.06. The van der Waals surface area contributed by atoms with Crippen LogP contribution in [-0.2, 0) is 17.7 Å². The summed E-state index contributed by atoms with van der Waals surface area (Å²) < 4.78 is 10.9. The van der Waals surface area contributed by atoms with Gasteiger partial charge in [0.2, 0.25) is 0 Å². The van der Waals surface area contributed by atoms with Crippen molar-refractivity contribution >= 4 is 0 Å². The molecule has 1 fully saturated rings. The van der Waals surface area contributed by atoms with Crippen molar-refractivity contribution in [3.05, 3.63) is 29.3 Å². The number of rotatable bonds is 5. The molecule has 1 saturated heterocycles. The Morgan fingerprint density at radius 1 is 1.37 bits per heavy atom. The van der Waals surface area contributed by atoms with Gasteiger partial charge in [-0.1, -0.05) is 12.1 Å². The van der Waals surface area contributed by atoms with Gasteiger partial charge in [-0.25, -0.2) is 0 Å². The van der Waals surface area contributed by atoms with Crippen LogP contribution >= 0.6 is 0 Å². The van der Waals surface area contributed by atoms with Gasteiger partial charge in [0.1, 0.15) is 5.75 Å². The zero-order valence-electron chi connectivity index (χ0n) is 11.5. The van der Waals surface area contributed by atoms with Gasteiger partial charge in [-0.05, 0) is 24.2 Å². The Kier molecular flexibility index (Phi) is 3.48. The standard InChI is InChI=1S/C15H22N2O2/c1-17(9-15(8-16)10-18-11-15)7-12-2-3-14-13(6-12)4-5-19-14/h2-3,6H,4-5,7-11,16H2,1H3. The van der Waals surface area contributed by atoms with E-state index in [0.717, 1.165) is 45.1 Å². The molecule has 2 heterocycles. The quantitative estimate of drug-likeness (QED) is 0.861. The lowest BCUT2D eigenvalue weighted by atomic mass is 9.85. The summed E-state index contributed by atoms with van der Waals surface area (Å²) in [4.78, 5) is 2.34. The lowest BCUT2D eigenvalue weighted by molar-refractivity contribution is -0.118. The van der Waals surface area contributed by atoms with Crippen LogP contribution in [0.3, 0.4) is 0 Å². The van der Waals surface area contributed by atoms with Crippen LogP contribution in [-0.4, -0.2) is 44.9 Å². The summed E-state index contributed by atoms with van der Waals surface area (Å²) in [6.07, 6.45) is 1.04. The molecule has 104 valence electrons. The fraction of sp³-hybridized carbons (Fsp3) is 0.600. The number of fused-ring (bicyclic) bond motifs is 1. The van der Waals surface area contributed by atoms with Crippen molar-refractivity contribution in [3.63, 3.8) is 0 Å². The molecule has 4 heteroatoms. The number of benzene rings is 1. The second-order valence-corrected chi connectivity index (χ2v) is 5.91. The fourth-order valence-electron chi connectivity index (χ4n) is 2.94. The largest absolute Gasteiger partial charge is 0.493 e. The van der Waals surface area contributed by atoms with E-state index < -0.39 is 0 Å². The SMILES string of the molecule is CN(Cc1ccc2c(c1)CCO2)CC1(CN)COC1. The molecule has 0 aromatic heterocycles. The highest BCUT2D eigenvalue weighted by atomic mass is 16.5. The summed E-state index contributed by atoms with van der Waals surface area (Å²) in [5, 5.41) is 0. The number of nitrogens with zero attached hydrogens (tertiary/aromatic N) is 1. The first kappa shape index (κ1) is 12.9. The van der Waals surface area contributed by atoms with Gasteiger partial charge in [-0.2, -0.15) is 0 Å². The van der Waals surface area contributed by atoms with E-state index in [4.69, 9.17) is 15.2 Å². The Balaban J connectivity index is 1.61. The van der Waals surface area contributed by atoms with Gasteiger partial charge in [-0.3, -0.25) is 0 Å². The van der Waals surface area contributed by atoms with E-state index in [9.17, 15) is 0 Å². The topological polar surface area (TPSA) is 47.7 Å². The second kappa shape index (κ2) is 5.12. The van der Waals surface area contributed by atoms with Gasteiger partial charge in [0, 0.05) is 31.5 Å². The smallest absolute Gasteiger partial charge is 0.122 e. The zero-order chi connectivity index (χ0) is 13.3. The van der Waals surface area contributed by atoms with Crippen LogP contribution in [0, 0.1) is 5.41 Å². The number of hydrogen-bond acceptors (Lipinski definition) is 4. The average molecular weight is 262 g/mol. The van der Waals surface area contributed by atoms with Crippen molar-refractivity contribution in [2.24, 2.45) is 11.1 Å². The minimum absolute atomic E-state index is 0.175. The minimum Gasteiger partial charge on any atom is -0.493 e. The lowest BCUT2D eigenvalue weighted by Gasteiger charge is -2.43. The molecule has 4 nitrogen and oxygen atoms in total. The minimum atomic E-state index is 0.175. The first-order valence-electron chi connectivity index (χ1n) is 6.92. The van der Waals surface area contributed by atoms with E-state index in [1.165, 1.54) is 11.1 Å². The maximum Gasteiger partial charge on any atom is 0.122 e. The molecule has 3 rings (SSSR count). The molecular formula is C15H22N2O2. The summed E-state index contributed by atoms with van der Waals surface area (Å²) in [5.74, 6) is 1.05. The molecule has 19 heavy (non-hydrogen) atoms. The van der Waals surface area contributed by atoms with Crippen molar-refractivity contribution in [1.29, 1.82) is 0 Å². The molecule has 0 spiro atoms. The lowest BCUT2D eigenvalue weighted by Crippen LogP contribution is -2.54. The monoisotopic (exact) mass is 262 g/mol. The van der Waals surface area contributed by atoms with Crippen molar-refractivity contribution in [2.45, 2.75) is 13.0 Å². The first-order valence-corrected chi connectivity index (χ1v) is 6.92. The van der Waals surface area contributed by atoms with Crippen LogP contribution in [0.2, 0.25) is 0 Å². The molecule has 1 aromatic rings. The highest BCUT2D eigenvalue weighted by Gasteiger charge is 2.38. The zero-order valence-corrected chi connectivity index (χ0v) is 11.5. The molecule has 0 saturated carbocycles. The molecular weight excluding hydrogens is 240 g/mol. The van der Waals surface area contributed by atoms with E-state index in [1.807, 2.05) is 0 Å². The number of hydrogen-bond donors (Lipinski definition) is 1. The Labute approximate surface area is 114 Å². The summed E-state index contributed by atoms with van der Waals surface area (Å²) in [7, 11) is 2.15. The maximum atomic E-state index is 5.86. The second-order valence-electron chi connectivity index (χ2n) is 5.91. The Bertz CT molecular complexity index is 452. The van der Waals surface area contributed by atoms with Crippen LogP contribution in [0.4, 0.5) is 0 Å². The summed E-state index contributed by atoms with van der Waals surface area (Å²) in [5.41, 5.74) is 8.72. The van der Waals surface area contributed by atoms with Crippen LogP contribution in [0.5, 0.6) is 5.75 Å². The predicted octanol–water partition coefficient (Wildman–Crippen LogP) is 1.03. The molecule has 2 N–H and O–H groups in total. The first-order chi connectivity index (χ1) is 9.21. The molecule has 0 amide bonds. The highest BCUT2D eigenvalue weighted by molar-refractivity contribution is 5.39. The van der Waals surface area contributed by atoms with E-state index in [0.29, 0.717) is 6.54 Å². The highest BCUT2D eigenvalue weighted by Crippen LogP contribution is 2.29. The van der Waals surface area contributed by atoms with Gasteiger partial charge in [0.05, 0.1) is 19.8 Å². The predicted molar refractivity (Wildman–Crippen MR) is 74.3 cm³/mol. The Morgan fingerprint density at radius 2 is 2.21 bits per heavy atom.